The number of hydrogen-bond donors (Lipinski definition) is 2. The molecule has 6 nitrogen and oxygen atoms in total. The molecule has 1 aromatic rings. The smallest absolute Gasteiger partial charge is 0.273 e. The van der Waals surface area contributed by atoms with Gasteiger partial charge in [-0.1, -0.05) is 32.0 Å². The Balaban J connectivity index is 2.63. The molecule has 0 aliphatic heterocycles. The summed E-state index contributed by atoms with van der Waals surface area (Å²) in [5, 5.41) is 0. The van der Waals surface area contributed by atoms with Crippen LogP contribution >= 0.6 is 0 Å². The summed E-state index contributed by atoms with van der Waals surface area (Å²) < 4.78 is 24.7. The topological polar surface area (TPSA) is 78.5 Å². The third-order valence-electron chi connectivity index (χ3n) is 2.37. The highest BCUT2D eigenvalue weighted by molar-refractivity contribution is 7.87. The molecule has 0 saturated heterocycles. The zero-order chi connectivity index (χ0) is 13.6. The van der Waals surface area contributed by atoms with Crippen molar-refractivity contribution in [3.63, 3.8) is 0 Å². The Labute approximate surface area is 107 Å². The van der Waals surface area contributed by atoms with Crippen molar-refractivity contribution >= 4 is 16.1 Å². The van der Waals surface area contributed by atoms with Crippen LogP contribution in [-0.4, -0.2) is 31.7 Å². The van der Waals surface area contributed by atoms with Crippen LogP contribution in [0.2, 0.25) is 0 Å². The molecule has 0 fully saturated rings. The van der Waals surface area contributed by atoms with Gasteiger partial charge in [0.15, 0.2) is 0 Å². The monoisotopic (exact) mass is 271 g/mol. The van der Waals surface area contributed by atoms with E-state index in [1.54, 1.807) is 44.2 Å². The van der Waals surface area contributed by atoms with Gasteiger partial charge in [0.2, 0.25) is 0 Å². The highest BCUT2D eigenvalue weighted by atomic mass is 32.2. The lowest BCUT2D eigenvalue weighted by Crippen LogP contribution is -2.49. The number of hydrazine groups is 1. The molecule has 0 saturated carbocycles. The van der Waals surface area contributed by atoms with E-state index in [1.165, 1.54) is 4.31 Å². The highest BCUT2D eigenvalue weighted by Crippen LogP contribution is 1.98. The molecule has 0 bridgehead atoms. The Morgan fingerprint density at radius 3 is 2.22 bits per heavy atom. The second-order valence-electron chi connectivity index (χ2n) is 3.51. The van der Waals surface area contributed by atoms with Crippen LogP contribution in [0.15, 0.2) is 30.3 Å². The third kappa shape index (κ3) is 3.80. The lowest BCUT2D eigenvalue weighted by molar-refractivity contribution is 0.0944. The lowest BCUT2D eigenvalue weighted by atomic mass is 10.2. The largest absolute Gasteiger partial charge is 0.296 e. The summed E-state index contributed by atoms with van der Waals surface area (Å²) in [6, 6.07) is 8.38. The molecular weight excluding hydrogens is 254 g/mol. The molecule has 0 atom stereocenters. The zero-order valence-electron chi connectivity index (χ0n) is 10.4. The minimum atomic E-state index is -3.67. The number of carbonyl (C=O) groups is 1. The van der Waals surface area contributed by atoms with Gasteiger partial charge in [0, 0.05) is 18.7 Å². The normalized spacial score (nSPS) is 11.5. The van der Waals surface area contributed by atoms with Gasteiger partial charge in [-0.15, -0.1) is 4.83 Å². The molecule has 0 heterocycles. The first-order valence-corrected chi connectivity index (χ1v) is 7.07. The maximum atomic E-state index is 11.7. The van der Waals surface area contributed by atoms with Crippen LogP contribution in [0, 0.1) is 0 Å². The molecule has 0 aliphatic rings. The van der Waals surface area contributed by atoms with E-state index in [2.05, 4.69) is 10.3 Å². The van der Waals surface area contributed by atoms with Gasteiger partial charge in [-0.05, 0) is 12.1 Å². The number of amides is 1. The van der Waals surface area contributed by atoms with Crippen molar-refractivity contribution in [3.8, 4) is 0 Å². The first kappa shape index (κ1) is 14.6. The zero-order valence-corrected chi connectivity index (χ0v) is 11.2. The van der Waals surface area contributed by atoms with E-state index in [1.807, 2.05) is 0 Å². The Morgan fingerprint density at radius 2 is 1.72 bits per heavy atom. The molecule has 18 heavy (non-hydrogen) atoms. The molecule has 0 aliphatic carbocycles. The van der Waals surface area contributed by atoms with E-state index in [4.69, 9.17) is 0 Å². The van der Waals surface area contributed by atoms with Crippen LogP contribution in [0.4, 0.5) is 0 Å². The lowest BCUT2D eigenvalue weighted by Gasteiger charge is -2.18. The molecule has 0 aromatic heterocycles. The summed E-state index contributed by atoms with van der Waals surface area (Å²) in [5.74, 6) is -0.494. The number of hydrogen-bond acceptors (Lipinski definition) is 3. The van der Waals surface area contributed by atoms with Crippen LogP contribution in [0.3, 0.4) is 0 Å². The predicted molar refractivity (Wildman–Crippen MR) is 68.9 cm³/mol. The SMILES string of the molecule is CCN(CC)S(=O)(=O)NNC(=O)c1ccccc1. The molecule has 7 heteroatoms. The summed E-state index contributed by atoms with van der Waals surface area (Å²) >= 11 is 0. The number of nitrogens with zero attached hydrogens (tertiary/aromatic N) is 1. The number of carbonyl (C=O) groups excluding carboxylic acids is 1. The summed E-state index contributed by atoms with van der Waals surface area (Å²) in [6.45, 7) is 4.13. The van der Waals surface area contributed by atoms with Crippen molar-refractivity contribution in [2.45, 2.75) is 13.8 Å². The molecule has 0 unspecified atom stereocenters. The van der Waals surface area contributed by atoms with Crippen LogP contribution < -0.4 is 10.3 Å². The second kappa shape index (κ2) is 6.48. The van der Waals surface area contributed by atoms with Crippen molar-refractivity contribution in [3.05, 3.63) is 35.9 Å². The van der Waals surface area contributed by atoms with Gasteiger partial charge >= 0.3 is 0 Å². The molecule has 1 amide bonds. The summed E-state index contributed by atoms with van der Waals surface area (Å²) in [6.07, 6.45) is 0. The average molecular weight is 271 g/mol. The van der Waals surface area contributed by atoms with Gasteiger partial charge in [0.05, 0.1) is 0 Å². The van der Waals surface area contributed by atoms with Gasteiger partial charge in [0.25, 0.3) is 16.1 Å². The minimum Gasteiger partial charge on any atom is -0.273 e. The Hall–Kier alpha value is -1.44. The van der Waals surface area contributed by atoms with Crippen molar-refractivity contribution in [1.29, 1.82) is 0 Å². The van der Waals surface area contributed by atoms with E-state index < -0.39 is 16.1 Å². The number of rotatable bonds is 6. The van der Waals surface area contributed by atoms with Crippen LogP contribution in [-0.2, 0) is 10.2 Å². The van der Waals surface area contributed by atoms with Crippen molar-refractivity contribution in [2.24, 2.45) is 0 Å². The van der Waals surface area contributed by atoms with Crippen molar-refractivity contribution in [2.75, 3.05) is 13.1 Å². The van der Waals surface area contributed by atoms with Crippen molar-refractivity contribution < 1.29 is 13.2 Å². The fourth-order valence-corrected chi connectivity index (χ4v) is 2.43. The standard InChI is InChI=1S/C11H17N3O3S/c1-3-14(4-2)18(16,17)13-12-11(15)10-8-6-5-7-9-10/h5-9,13H,3-4H2,1-2H3,(H,12,15). The van der Waals surface area contributed by atoms with Crippen molar-refractivity contribution in [1.82, 2.24) is 14.6 Å². The van der Waals surface area contributed by atoms with Gasteiger partial charge in [-0.25, -0.2) is 0 Å². The molecule has 1 rings (SSSR count). The van der Waals surface area contributed by atoms with E-state index >= 15 is 0 Å². The second-order valence-corrected chi connectivity index (χ2v) is 5.18. The molecular formula is C11H17N3O3S. The molecule has 100 valence electrons. The first-order chi connectivity index (χ1) is 8.51. The van der Waals surface area contributed by atoms with Crippen LogP contribution in [0.5, 0.6) is 0 Å². The first-order valence-electron chi connectivity index (χ1n) is 5.63. The Morgan fingerprint density at radius 1 is 1.17 bits per heavy atom. The minimum absolute atomic E-state index is 0.340. The third-order valence-corrected chi connectivity index (χ3v) is 3.93. The molecule has 2 N–H and O–H groups in total. The number of benzene rings is 1. The quantitative estimate of drug-likeness (QED) is 0.740. The van der Waals surface area contributed by atoms with Gasteiger partial charge in [-0.2, -0.15) is 12.7 Å². The fourth-order valence-electron chi connectivity index (χ4n) is 1.40. The summed E-state index contributed by atoms with van der Waals surface area (Å²) in [4.78, 5) is 13.7. The van der Waals surface area contributed by atoms with Gasteiger partial charge in [-0.3, -0.25) is 10.2 Å². The van der Waals surface area contributed by atoms with E-state index in [0.29, 0.717) is 18.7 Å². The van der Waals surface area contributed by atoms with Crippen LogP contribution in [0.25, 0.3) is 0 Å². The highest BCUT2D eigenvalue weighted by Gasteiger charge is 2.19. The summed E-state index contributed by atoms with van der Waals surface area (Å²) in [5.41, 5.74) is 2.56. The fraction of sp³-hybridized carbons (Fsp3) is 0.364. The molecule has 1 aromatic carbocycles. The van der Waals surface area contributed by atoms with E-state index in [9.17, 15) is 13.2 Å². The maximum absolute atomic E-state index is 11.7. The number of nitrogens with one attached hydrogen (secondary N) is 2. The van der Waals surface area contributed by atoms with Gasteiger partial charge < -0.3 is 0 Å². The summed E-state index contributed by atoms with van der Waals surface area (Å²) in [7, 11) is -3.67. The average Bonchev–Trinajstić information content (AvgIpc) is 2.38. The predicted octanol–water partition coefficient (Wildman–Crippen LogP) is 0.508. The molecule has 0 spiro atoms. The van der Waals surface area contributed by atoms with Crippen LogP contribution in [0.1, 0.15) is 24.2 Å². The Kier molecular flexibility index (Phi) is 5.26. The van der Waals surface area contributed by atoms with Gasteiger partial charge in [0.1, 0.15) is 0 Å². The maximum Gasteiger partial charge on any atom is 0.296 e. The van der Waals surface area contributed by atoms with E-state index in [-0.39, 0.29) is 0 Å². The Bertz CT molecular complexity index is 484. The van der Waals surface area contributed by atoms with E-state index in [0.717, 1.165) is 0 Å². The molecule has 0 radical (unpaired) electrons.